The SMILES string of the molecule is CC(=O)N1CCN(C(=O)C[C@H]2CC(c3ccc(F)cc3F)=NO2)CC1. The van der Waals surface area contributed by atoms with Gasteiger partial charge in [0.25, 0.3) is 0 Å². The molecule has 2 aliphatic heterocycles. The summed E-state index contributed by atoms with van der Waals surface area (Å²) in [5, 5.41) is 3.84. The molecule has 1 aromatic rings. The van der Waals surface area contributed by atoms with Crippen LogP contribution in [-0.2, 0) is 14.4 Å². The zero-order valence-electron chi connectivity index (χ0n) is 13.9. The smallest absolute Gasteiger partial charge is 0.226 e. The number of hydrogen-bond acceptors (Lipinski definition) is 4. The van der Waals surface area contributed by atoms with Gasteiger partial charge in [-0.2, -0.15) is 0 Å². The number of carbonyl (C=O) groups is 2. The molecule has 0 unspecified atom stereocenters. The van der Waals surface area contributed by atoms with Crippen LogP contribution in [0.5, 0.6) is 0 Å². The summed E-state index contributed by atoms with van der Waals surface area (Å²) in [5.41, 5.74) is 0.558. The Labute approximate surface area is 144 Å². The van der Waals surface area contributed by atoms with E-state index in [1.807, 2.05) is 0 Å². The van der Waals surface area contributed by atoms with Crippen molar-refractivity contribution in [3.63, 3.8) is 0 Å². The van der Waals surface area contributed by atoms with E-state index in [1.54, 1.807) is 9.80 Å². The summed E-state index contributed by atoms with van der Waals surface area (Å²) < 4.78 is 26.8. The number of rotatable bonds is 3. The number of benzene rings is 1. The van der Waals surface area contributed by atoms with Crippen LogP contribution in [0.25, 0.3) is 0 Å². The highest BCUT2D eigenvalue weighted by molar-refractivity contribution is 6.01. The molecule has 1 fully saturated rings. The summed E-state index contributed by atoms with van der Waals surface area (Å²) >= 11 is 0. The topological polar surface area (TPSA) is 62.2 Å². The van der Waals surface area contributed by atoms with Gasteiger partial charge in [-0.15, -0.1) is 0 Å². The molecule has 1 saturated heterocycles. The van der Waals surface area contributed by atoms with Gasteiger partial charge < -0.3 is 14.6 Å². The molecule has 0 bridgehead atoms. The molecule has 6 nitrogen and oxygen atoms in total. The number of oxime groups is 1. The van der Waals surface area contributed by atoms with Crippen LogP contribution in [-0.4, -0.2) is 59.6 Å². The standard InChI is InChI=1S/C17H19F2N3O3/c1-11(23)21-4-6-22(7-5-21)17(24)10-13-9-16(20-25-13)14-3-2-12(18)8-15(14)19/h2-3,8,13H,4-7,9-10H2,1H3/t13-/m1/s1. The van der Waals surface area contributed by atoms with Crippen LogP contribution in [0.4, 0.5) is 8.78 Å². The second-order valence-electron chi connectivity index (χ2n) is 6.18. The Morgan fingerprint density at radius 1 is 1.20 bits per heavy atom. The fraction of sp³-hybridized carbons (Fsp3) is 0.471. The van der Waals surface area contributed by atoms with Gasteiger partial charge in [-0.25, -0.2) is 8.78 Å². The first-order chi connectivity index (χ1) is 11.9. The van der Waals surface area contributed by atoms with Crippen molar-refractivity contribution in [1.82, 2.24) is 9.80 Å². The minimum absolute atomic E-state index is 0.00518. The van der Waals surface area contributed by atoms with Crippen LogP contribution in [0.1, 0.15) is 25.3 Å². The molecule has 0 saturated carbocycles. The quantitative estimate of drug-likeness (QED) is 0.830. The van der Waals surface area contributed by atoms with Crippen LogP contribution >= 0.6 is 0 Å². The molecule has 3 rings (SSSR count). The number of amides is 2. The number of carbonyl (C=O) groups excluding carboxylic acids is 2. The molecule has 0 aliphatic carbocycles. The Morgan fingerprint density at radius 2 is 1.88 bits per heavy atom. The van der Waals surface area contributed by atoms with E-state index in [9.17, 15) is 18.4 Å². The second-order valence-corrected chi connectivity index (χ2v) is 6.18. The van der Waals surface area contributed by atoms with Gasteiger partial charge in [0.15, 0.2) is 0 Å². The van der Waals surface area contributed by atoms with E-state index in [4.69, 9.17) is 4.84 Å². The van der Waals surface area contributed by atoms with E-state index in [2.05, 4.69) is 5.16 Å². The zero-order chi connectivity index (χ0) is 18.0. The lowest BCUT2D eigenvalue weighted by Gasteiger charge is -2.34. The van der Waals surface area contributed by atoms with Crippen LogP contribution in [0, 0.1) is 11.6 Å². The maximum absolute atomic E-state index is 13.8. The average molecular weight is 351 g/mol. The normalized spacial score (nSPS) is 20.3. The van der Waals surface area contributed by atoms with E-state index >= 15 is 0 Å². The van der Waals surface area contributed by atoms with Gasteiger partial charge in [0.2, 0.25) is 11.8 Å². The molecule has 0 aromatic heterocycles. The number of nitrogens with zero attached hydrogens (tertiary/aromatic N) is 3. The number of halogens is 2. The van der Waals surface area contributed by atoms with Gasteiger partial charge in [-0.3, -0.25) is 9.59 Å². The molecule has 25 heavy (non-hydrogen) atoms. The third-order valence-corrected chi connectivity index (χ3v) is 4.46. The van der Waals surface area contributed by atoms with Crippen LogP contribution in [0.3, 0.4) is 0 Å². The first-order valence-electron chi connectivity index (χ1n) is 8.15. The van der Waals surface area contributed by atoms with Gasteiger partial charge in [0.05, 0.1) is 12.1 Å². The highest BCUT2D eigenvalue weighted by Crippen LogP contribution is 2.22. The van der Waals surface area contributed by atoms with Crippen molar-refractivity contribution in [2.45, 2.75) is 25.9 Å². The fourth-order valence-corrected chi connectivity index (χ4v) is 3.02. The van der Waals surface area contributed by atoms with Crippen molar-refractivity contribution in [3.8, 4) is 0 Å². The Bertz CT molecular complexity index is 715. The monoisotopic (exact) mass is 351 g/mol. The first kappa shape index (κ1) is 17.3. The molecule has 2 amide bonds. The lowest BCUT2D eigenvalue weighted by atomic mass is 10.0. The summed E-state index contributed by atoms with van der Waals surface area (Å²) in [6.07, 6.45) is -0.0322. The highest BCUT2D eigenvalue weighted by atomic mass is 19.1. The molecular formula is C17H19F2N3O3. The Balaban J connectivity index is 1.52. The molecule has 0 spiro atoms. The lowest BCUT2D eigenvalue weighted by Crippen LogP contribution is -2.50. The van der Waals surface area contributed by atoms with E-state index in [0.717, 1.165) is 12.1 Å². The summed E-state index contributed by atoms with van der Waals surface area (Å²) in [7, 11) is 0. The largest absolute Gasteiger partial charge is 0.391 e. The van der Waals surface area contributed by atoms with Crippen molar-refractivity contribution in [2.75, 3.05) is 26.2 Å². The molecule has 2 heterocycles. The molecule has 134 valence electrons. The zero-order valence-corrected chi connectivity index (χ0v) is 13.9. The van der Waals surface area contributed by atoms with Crippen LogP contribution < -0.4 is 0 Å². The van der Waals surface area contributed by atoms with Crippen molar-refractivity contribution in [2.24, 2.45) is 5.16 Å². The second kappa shape index (κ2) is 7.16. The maximum Gasteiger partial charge on any atom is 0.226 e. The van der Waals surface area contributed by atoms with E-state index in [1.165, 1.54) is 13.0 Å². The van der Waals surface area contributed by atoms with Crippen molar-refractivity contribution in [3.05, 3.63) is 35.4 Å². The summed E-state index contributed by atoms with van der Waals surface area (Å²) in [4.78, 5) is 32.3. The van der Waals surface area contributed by atoms with Crippen molar-refractivity contribution < 1.29 is 23.2 Å². The van der Waals surface area contributed by atoms with Gasteiger partial charge in [0.1, 0.15) is 17.7 Å². The van der Waals surface area contributed by atoms with Gasteiger partial charge in [0, 0.05) is 51.2 Å². The van der Waals surface area contributed by atoms with Gasteiger partial charge in [-0.1, -0.05) is 5.16 Å². The highest BCUT2D eigenvalue weighted by Gasteiger charge is 2.29. The Hall–Kier alpha value is -2.51. The van der Waals surface area contributed by atoms with Crippen molar-refractivity contribution in [1.29, 1.82) is 0 Å². The number of hydrogen-bond donors (Lipinski definition) is 0. The minimum atomic E-state index is -0.699. The van der Waals surface area contributed by atoms with Gasteiger partial charge >= 0.3 is 0 Å². The Kier molecular flexibility index (Phi) is 4.96. The van der Waals surface area contributed by atoms with Crippen molar-refractivity contribution >= 4 is 17.5 Å². The van der Waals surface area contributed by atoms with E-state index in [0.29, 0.717) is 38.3 Å². The summed E-state index contributed by atoms with van der Waals surface area (Å²) in [6.45, 7) is 3.54. The van der Waals surface area contributed by atoms with Gasteiger partial charge in [-0.05, 0) is 12.1 Å². The molecule has 0 radical (unpaired) electrons. The molecule has 2 aliphatic rings. The predicted octanol–water partition coefficient (Wildman–Crippen LogP) is 1.54. The van der Waals surface area contributed by atoms with Crippen LogP contribution in [0.2, 0.25) is 0 Å². The molecule has 1 aromatic carbocycles. The maximum atomic E-state index is 13.8. The predicted molar refractivity (Wildman–Crippen MR) is 85.8 cm³/mol. The van der Waals surface area contributed by atoms with E-state index < -0.39 is 17.7 Å². The molecule has 0 N–H and O–H groups in total. The third kappa shape index (κ3) is 3.94. The van der Waals surface area contributed by atoms with E-state index in [-0.39, 0.29) is 23.8 Å². The molecule has 8 heteroatoms. The van der Waals surface area contributed by atoms with Crippen LogP contribution in [0.15, 0.2) is 23.4 Å². The minimum Gasteiger partial charge on any atom is -0.391 e. The average Bonchev–Trinajstić information content (AvgIpc) is 3.03. The molecular weight excluding hydrogens is 332 g/mol. The number of piperazine rings is 1. The third-order valence-electron chi connectivity index (χ3n) is 4.46. The fourth-order valence-electron chi connectivity index (χ4n) is 3.02. The molecule has 1 atom stereocenters. The first-order valence-corrected chi connectivity index (χ1v) is 8.15. The lowest BCUT2D eigenvalue weighted by molar-refractivity contribution is -0.140. The summed E-state index contributed by atoms with van der Waals surface area (Å²) in [5.74, 6) is -1.43. The summed E-state index contributed by atoms with van der Waals surface area (Å²) in [6, 6.07) is 3.27. The Morgan fingerprint density at radius 3 is 2.52 bits per heavy atom.